The first-order chi connectivity index (χ1) is 18.3. The lowest BCUT2D eigenvalue weighted by Gasteiger charge is -2.40. The second-order valence-corrected chi connectivity index (χ2v) is 15.7. The number of piperazine rings is 1. The van der Waals surface area contributed by atoms with Crippen LogP contribution in [-0.4, -0.2) is 104 Å². The van der Waals surface area contributed by atoms with Crippen molar-refractivity contribution in [1.29, 1.82) is 5.26 Å². The summed E-state index contributed by atoms with van der Waals surface area (Å²) < 4.78 is 52.5. The highest BCUT2D eigenvalue weighted by molar-refractivity contribution is 7.92. The van der Waals surface area contributed by atoms with Gasteiger partial charge >= 0.3 is 0 Å². The van der Waals surface area contributed by atoms with Gasteiger partial charge in [0.15, 0.2) is 9.84 Å². The zero-order valence-electron chi connectivity index (χ0n) is 21.7. The van der Waals surface area contributed by atoms with Crippen LogP contribution in [0.2, 0.25) is 5.02 Å². The van der Waals surface area contributed by atoms with E-state index in [4.69, 9.17) is 11.6 Å². The number of benzene rings is 1. The third kappa shape index (κ3) is 5.41. The van der Waals surface area contributed by atoms with Crippen molar-refractivity contribution in [3.8, 4) is 6.07 Å². The number of hydrogen-bond donors (Lipinski definition) is 1. The number of nitrogens with one attached hydrogen (secondary N) is 1. The maximum absolute atomic E-state index is 14.1. The number of likely N-dealkylation sites (tertiary alicyclic amines) is 1. The number of hydrogen-bond acceptors (Lipinski definition) is 8. The van der Waals surface area contributed by atoms with Gasteiger partial charge < -0.3 is 10.2 Å². The number of carbonyl (C=O) groups is 2. The summed E-state index contributed by atoms with van der Waals surface area (Å²) in [5.74, 6) is -0.620. The van der Waals surface area contributed by atoms with Gasteiger partial charge in [-0.3, -0.25) is 14.5 Å². The highest BCUT2D eigenvalue weighted by Crippen LogP contribution is 2.46. The van der Waals surface area contributed by atoms with Crippen LogP contribution in [0.1, 0.15) is 38.5 Å². The van der Waals surface area contributed by atoms with Gasteiger partial charge in [0.25, 0.3) is 0 Å². The molecule has 2 saturated heterocycles. The van der Waals surface area contributed by atoms with Crippen LogP contribution in [0.3, 0.4) is 0 Å². The average molecular weight is 598 g/mol. The maximum atomic E-state index is 14.1. The lowest BCUT2D eigenvalue weighted by molar-refractivity contribution is -0.141. The van der Waals surface area contributed by atoms with E-state index in [1.807, 2.05) is 4.90 Å². The number of sulfone groups is 1. The normalized spacial score (nSPS) is 26.5. The van der Waals surface area contributed by atoms with Crippen LogP contribution < -0.4 is 5.32 Å². The quantitative estimate of drug-likeness (QED) is 0.462. The topological polar surface area (TPSA) is 148 Å². The Labute approximate surface area is 234 Å². The van der Waals surface area contributed by atoms with Crippen molar-refractivity contribution >= 4 is 43.3 Å². The molecule has 2 aliphatic carbocycles. The van der Waals surface area contributed by atoms with Crippen LogP contribution in [0.15, 0.2) is 29.2 Å². The molecule has 1 aromatic rings. The molecule has 2 amide bonds. The van der Waals surface area contributed by atoms with E-state index >= 15 is 0 Å². The monoisotopic (exact) mass is 597 g/mol. The van der Waals surface area contributed by atoms with Crippen molar-refractivity contribution < 1.29 is 26.4 Å². The summed E-state index contributed by atoms with van der Waals surface area (Å²) in [4.78, 5) is 30.5. The molecular weight excluding hydrogens is 566 g/mol. The van der Waals surface area contributed by atoms with E-state index in [0.717, 1.165) is 6.26 Å². The minimum absolute atomic E-state index is 0.00591. The van der Waals surface area contributed by atoms with Crippen molar-refractivity contribution in [3.63, 3.8) is 0 Å². The summed E-state index contributed by atoms with van der Waals surface area (Å²) in [5.41, 5.74) is -1.70. The lowest BCUT2D eigenvalue weighted by Crippen LogP contribution is -2.58. The summed E-state index contributed by atoms with van der Waals surface area (Å²) in [6.07, 6.45) is 3.42. The van der Waals surface area contributed by atoms with Gasteiger partial charge in [0.2, 0.25) is 21.8 Å². The van der Waals surface area contributed by atoms with Crippen LogP contribution in [0.5, 0.6) is 0 Å². The van der Waals surface area contributed by atoms with E-state index in [1.54, 1.807) is 12.1 Å². The van der Waals surface area contributed by atoms with E-state index in [1.165, 1.54) is 21.3 Å². The number of nitrogens with zero attached hydrogens (tertiary/aromatic N) is 4. The third-order valence-electron chi connectivity index (χ3n) is 8.42. The number of carbonyl (C=O) groups excluding carboxylic acids is 2. The molecule has 1 N–H and O–H groups in total. The third-order valence-corrected chi connectivity index (χ3v) is 12.4. The van der Waals surface area contributed by atoms with Gasteiger partial charge in [-0.1, -0.05) is 23.7 Å². The van der Waals surface area contributed by atoms with E-state index in [2.05, 4.69) is 11.4 Å². The molecule has 0 spiro atoms. The standard InChI is InChI=1S/C25H32ClN5O6S2/c1-38(34,35)30-12-10-29(11-13-30)25(8-9-25)23(33)31-16-19(39(36,37)21-5-3-2-4-20(21)26)14-18(31)15-22(32)28-24(17-27)6-7-24/h2-5,18-19H,6-16H2,1H3,(H,28,32)/t18-,19-/m1/s1. The zero-order valence-corrected chi connectivity index (χ0v) is 24.1. The molecule has 4 aliphatic rings. The summed E-state index contributed by atoms with van der Waals surface area (Å²) in [6, 6.07) is 7.63. The molecule has 4 fully saturated rings. The Morgan fingerprint density at radius 3 is 2.26 bits per heavy atom. The smallest absolute Gasteiger partial charge is 0.243 e. The predicted octanol–water partition coefficient (Wildman–Crippen LogP) is 0.755. The SMILES string of the molecule is CS(=O)(=O)N1CCN(C2(C(=O)N3C[C@H](S(=O)(=O)c4ccccc4Cl)C[C@@H]3CC(=O)NC3(C#N)CC3)CC2)CC1. The molecule has 2 aliphatic heterocycles. The number of sulfonamides is 1. The van der Waals surface area contributed by atoms with Gasteiger partial charge in [-0.2, -0.15) is 9.57 Å². The first kappa shape index (κ1) is 28.3. The van der Waals surface area contributed by atoms with Crippen molar-refractivity contribution in [1.82, 2.24) is 19.4 Å². The highest BCUT2D eigenvalue weighted by Gasteiger charge is 2.59. The van der Waals surface area contributed by atoms with Gasteiger partial charge in [-0.25, -0.2) is 16.8 Å². The fourth-order valence-electron chi connectivity index (χ4n) is 5.82. The zero-order chi connectivity index (χ0) is 28.2. The summed E-state index contributed by atoms with van der Waals surface area (Å²) in [5, 5.41) is 11.3. The molecule has 2 heterocycles. The molecule has 5 rings (SSSR count). The average Bonchev–Trinajstić information content (AvgIpc) is 3.81. The Bertz CT molecular complexity index is 1430. The predicted molar refractivity (Wildman–Crippen MR) is 143 cm³/mol. The molecule has 11 nitrogen and oxygen atoms in total. The lowest BCUT2D eigenvalue weighted by atomic mass is 10.1. The molecular formula is C25H32ClN5O6S2. The number of halogens is 1. The molecule has 39 heavy (non-hydrogen) atoms. The van der Waals surface area contributed by atoms with E-state index in [-0.39, 0.29) is 54.2 Å². The first-order valence-corrected chi connectivity index (χ1v) is 16.8. The van der Waals surface area contributed by atoms with Gasteiger partial charge in [-0.15, -0.1) is 0 Å². The minimum Gasteiger partial charge on any atom is -0.338 e. The maximum Gasteiger partial charge on any atom is 0.243 e. The molecule has 1 aromatic carbocycles. The van der Waals surface area contributed by atoms with Crippen LogP contribution in [0.4, 0.5) is 0 Å². The molecule has 2 atom stereocenters. The van der Waals surface area contributed by atoms with Gasteiger partial charge in [0.05, 0.1) is 27.5 Å². The number of amides is 2. The van der Waals surface area contributed by atoms with Crippen molar-refractivity contribution in [2.75, 3.05) is 39.0 Å². The molecule has 0 aromatic heterocycles. The minimum atomic E-state index is -3.90. The van der Waals surface area contributed by atoms with E-state index in [0.29, 0.717) is 38.8 Å². The Kier molecular flexibility index (Phi) is 7.25. The van der Waals surface area contributed by atoms with Crippen molar-refractivity contribution in [3.05, 3.63) is 29.3 Å². The Morgan fingerprint density at radius 1 is 1.08 bits per heavy atom. The fraction of sp³-hybridized carbons (Fsp3) is 0.640. The van der Waals surface area contributed by atoms with Crippen LogP contribution in [-0.2, 0) is 29.4 Å². The van der Waals surface area contributed by atoms with Crippen molar-refractivity contribution in [2.45, 2.75) is 65.8 Å². The fourth-order valence-corrected chi connectivity index (χ4v) is 8.90. The number of nitriles is 1. The van der Waals surface area contributed by atoms with Crippen LogP contribution in [0.25, 0.3) is 0 Å². The largest absolute Gasteiger partial charge is 0.338 e. The Balaban J connectivity index is 1.37. The molecule has 0 bridgehead atoms. The van der Waals surface area contributed by atoms with E-state index < -0.39 is 42.2 Å². The molecule has 0 radical (unpaired) electrons. The molecule has 212 valence electrons. The van der Waals surface area contributed by atoms with Crippen LogP contribution in [0, 0.1) is 11.3 Å². The number of rotatable bonds is 8. The van der Waals surface area contributed by atoms with Gasteiger partial charge in [0, 0.05) is 45.2 Å². The van der Waals surface area contributed by atoms with Gasteiger partial charge in [-0.05, 0) is 44.2 Å². The summed E-state index contributed by atoms with van der Waals surface area (Å²) in [6.45, 7) is 1.27. The molecule has 14 heteroatoms. The Hall–Kier alpha value is -2.24. The van der Waals surface area contributed by atoms with Gasteiger partial charge in [0.1, 0.15) is 11.1 Å². The summed E-state index contributed by atoms with van der Waals surface area (Å²) in [7, 11) is -7.23. The first-order valence-electron chi connectivity index (χ1n) is 13.0. The second kappa shape index (κ2) is 9.99. The highest BCUT2D eigenvalue weighted by atomic mass is 35.5. The van der Waals surface area contributed by atoms with E-state index in [9.17, 15) is 31.7 Å². The van der Waals surface area contributed by atoms with Crippen molar-refractivity contribution in [2.24, 2.45) is 0 Å². The Morgan fingerprint density at radius 2 is 1.72 bits per heavy atom. The van der Waals surface area contributed by atoms with Crippen LogP contribution >= 0.6 is 11.6 Å². The second-order valence-electron chi connectivity index (χ2n) is 11.1. The molecule has 2 saturated carbocycles. The summed E-state index contributed by atoms with van der Waals surface area (Å²) >= 11 is 6.22. The molecule has 0 unspecified atom stereocenters.